The first kappa shape index (κ1) is 14.6. The summed E-state index contributed by atoms with van der Waals surface area (Å²) in [5.74, 6) is 0.500. The van der Waals surface area contributed by atoms with E-state index in [1.807, 2.05) is 56.3 Å². The summed E-state index contributed by atoms with van der Waals surface area (Å²) in [5, 5.41) is 2.82. The number of halogens is 1. The lowest BCUT2D eigenvalue weighted by molar-refractivity contribution is -0.118. The largest absolute Gasteiger partial charge is 0.484 e. The Hall–Kier alpha value is -1.81. The van der Waals surface area contributed by atoms with E-state index in [1.54, 1.807) is 0 Å². The van der Waals surface area contributed by atoms with Gasteiger partial charge in [-0.1, -0.05) is 22.0 Å². The van der Waals surface area contributed by atoms with Gasteiger partial charge in [-0.25, -0.2) is 0 Å². The maximum Gasteiger partial charge on any atom is 0.262 e. The number of ether oxygens (including phenoxy) is 1. The highest BCUT2D eigenvalue weighted by Crippen LogP contribution is 2.17. The van der Waals surface area contributed by atoms with E-state index >= 15 is 0 Å². The lowest BCUT2D eigenvalue weighted by atomic mass is 10.1. The average Bonchev–Trinajstić information content (AvgIpc) is 2.42. The van der Waals surface area contributed by atoms with Gasteiger partial charge < -0.3 is 10.1 Å². The van der Waals surface area contributed by atoms with Crippen LogP contribution in [0, 0.1) is 13.8 Å². The van der Waals surface area contributed by atoms with E-state index < -0.39 is 0 Å². The molecule has 3 nitrogen and oxygen atoms in total. The van der Waals surface area contributed by atoms with Crippen LogP contribution >= 0.6 is 15.9 Å². The maximum atomic E-state index is 11.8. The molecule has 2 aromatic carbocycles. The molecule has 0 heterocycles. The minimum Gasteiger partial charge on any atom is -0.484 e. The second kappa shape index (κ2) is 6.57. The van der Waals surface area contributed by atoms with Gasteiger partial charge in [0.2, 0.25) is 0 Å². The molecule has 0 radical (unpaired) electrons. The third-order valence-corrected chi connectivity index (χ3v) is 3.50. The molecule has 0 aliphatic rings. The molecule has 0 saturated heterocycles. The Morgan fingerprint density at radius 3 is 2.45 bits per heavy atom. The van der Waals surface area contributed by atoms with Gasteiger partial charge >= 0.3 is 0 Å². The Kier molecular flexibility index (Phi) is 4.79. The van der Waals surface area contributed by atoms with Crippen molar-refractivity contribution >= 4 is 27.5 Å². The second-order valence-corrected chi connectivity index (χ2v) is 5.51. The zero-order valence-corrected chi connectivity index (χ0v) is 13.0. The number of amides is 1. The summed E-state index contributed by atoms with van der Waals surface area (Å²) in [6.45, 7) is 4.05. The molecular weight excluding hydrogens is 318 g/mol. The lowest BCUT2D eigenvalue weighted by Crippen LogP contribution is -2.20. The van der Waals surface area contributed by atoms with Crippen molar-refractivity contribution < 1.29 is 9.53 Å². The summed E-state index contributed by atoms with van der Waals surface area (Å²) in [7, 11) is 0. The van der Waals surface area contributed by atoms with Crippen LogP contribution in [0.4, 0.5) is 5.69 Å². The van der Waals surface area contributed by atoms with E-state index in [1.165, 1.54) is 5.56 Å². The Labute approximate surface area is 127 Å². The zero-order chi connectivity index (χ0) is 14.5. The summed E-state index contributed by atoms with van der Waals surface area (Å²) >= 11 is 3.35. The van der Waals surface area contributed by atoms with Gasteiger partial charge in [0.25, 0.3) is 5.91 Å². The fraction of sp³-hybridized carbons (Fsp3) is 0.188. The van der Waals surface area contributed by atoms with Gasteiger partial charge in [-0.2, -0.15) is 0 Å². The Morgan fingerprint density at radius 1 is 1.10 bits per heavy atom. The van der Waals surface area contributed by atoms with Gasteiger partial charge in [-0.05, 0) is 61.4 Å². The van der Waals surface area contributed by atoms with E-state index in [-0.39, 0.29) is 12.5 Å². The lowest BCUT2D eigenvalue weighted by Gasteiger charge is -2.09. The molecule has 0 aliphatic carbocycles. The van der Waals surface area contributed by atoms with Gasteiger partial charge in [0, 0.05) is 10.2 Å². The Bertz CT molecular complexity index is 608. The van der Waals surface area contributed by atoms with Crippen LogP contribution in [0.25, 0.3) is 0 Å². The molecule has 104 valence electrons. The molecule has 0 atom stereocenters. The molecule has 0 spiro atoms. The highest BCUT2D eigenvalue weighted by atomic mass is 79.9. The average molecular weight is 334 g/mol. The maximum absolute atomic E-state index is 11.8. The molecule has 2 rings (SSSR count). The molecule has 0 fully saturated rings. The highest BCUT2D eigenvalue weighted by Gasteiger charge is 2.04. The molecule has 1 amide bonds. The molecule has 0 unspecified atom stereocenters. The molecule has 20 heavy (non-hydrogen) atoms. The predicted molar refractivity (Wildman–Crippen MR) is 84.2 cm³/mol. The first-order valence-electron chi connectivity index (χ1n) is 6.30. The van der Waals surface area contributed by atoms with E-state index in [2.05, 4.69) is 21.2 Å². The van der Waals surface area contributed by atoms with Crippen molar-refractivity contribution in [1.29, 1.82) is 0 Å². The molecule has 0 aliphatic heterocycles. The number of rotatable bonds is 4. The number of aryl methyl sites for hydroxylation is 2. The standard InChI is InChI=1S/C16H16BrNO2/c1-11-3-6-14(9-12(11)2)18-16(19)10-20-15-7-4-13(17)5-8-15/h3-9H,10H2,1-2H3,(H,18,19). The summed E-state index contributed by atoms with van der Waals surface area (Å²) in [6.07, 6.45) is 0. The van der Waals surface area contributed by atoms with Crippen molar-refractivity contribution in [3.05, 3.63) is 58.1 Å². The molecule has 0 aromatic heterocycles. The van der Waals surface area contributed by atoms with E-state index in [4.69, 9.17) is 4.74 Å². The normalized spacial score (nSPS) is 10.2. The van der Waals surface area contributed by atoms with Crippen molar-refractivity contribution in [1.82, 2.24) is 0 Å². The molecule has 0 bridgehead atoms. The second-order valence-electron chi connectivity index (χ2n) is 4.59. The van der Waals surface area contributed by atoms with Crippen LogP contribution in [-0.2, 0) is 4.79 Å². The fourth-order valence-corrected chi connectivity index (χ4v) is 1.96. The number of benzene rings is 2. The molecule has 1 N–H and O–H groups in total. The van der Waals surface area contributed by atoms with Crippen molar-refractivity contribution in [2.45, 2.75) is 13.8 Å². The van der Waals surface area contributed by atoms with Gasteiger partial charge in [-0.3, -0.25) is 4.79 Å². The first-order valence-corrected chi connectivity index (χ1v) is 7.09. The van der Waals surface area contributed by atoms with Gasteiger partial charge in [0.15, 0.2) is 6.61 Å². The minimum atomic E-state index is -0.170. The van der Waals surface area contributed by atoms with Crippen LogP contribution in [0.2, 0.25) is 0 Å². The van der Waals surface area contributed by atoms with Crippen LogP contribution in [0.3, 0.4) is 0 Å². The first-order chi connectivity index (χ1) is 9.54. The van der Waals surface area contributed by atoms with Crippen LogP contribution in [-0.4, -0.2) is 12.5 Å². The monoisotopic (exact) mass is 333 g/mol. The van der Waals surface area contributed by atoms with Gasteiger partial charge in [0.05, 0.1) is 0 Å². The number of carbonyl (C=O) groups excluding carboxylic acids is 1. The Morgan fingerprint density at radius 2 is 1.80 bits per heavy atom. The van der Waals surface area contributed by atoms with E-state index in [0.29, 0.717) is 5.75 Å². The summed E-state index contributed by atoms with van der Waals surface area (Å²) in [6, 6.07) is 13.2. The highest BCUT2D eigenvalue weighted by molar-refractivity contribution is 9.10. The summed E-state index contributed by atoms with van der Waals surface area (Å²) in [5.41, 5.74) is 3.14. The minimum absolute atomic E-state index is 0.00540. The van der Waals surface area contributed by atoms with Crippen molar-refractivity contribution in [2.24, 2.45) is 0 Å². The Balaban J connectivity index is 1.89. The van der Waals surface area contributed by atoms with Crippen LogP contribution in [0.15, 0.2) is 46.9 Å². The fourth-order valence-electron chi connectivity index (χ4n) is 1.70. The number of nitrogens with one attached hydrogen (secondary N) is 1. The smallest absolute Gasteiger partial charge is 0.262 e. The molecule has 4 heteroatoms. The quantitative estimate of drug-likeness (QED) is 0.915. The number of carbonyl (C=O) groups is 1. The summed E-state index contributed by atoms with van der Waals surface area (Å²) < 4.78 is 6.39. The van der Waals surface area contributed by atoms with Crippen LogP contribution in [0.1, 0.15) is 11.1 Å². The molecule has 2 aromatic rings. The zero-order valence-electron chi connectivity index (χ0n) is 11.4. The van der Waals surface area contributed by atoms with Crippen molar-refractivity contribution in [3.63, 3.8) is 0 Å². The molecule has 0 saturated carbocycles. The van der Waals surface area contributed by atoms with Gasteiger partial charge in [-0.15, -0.1) is 0 Å². The van der Waals surface area contributed by atoms with Crippen molar-refractivity contribution in [3.8, 4) is 5.75 Å². The van der Waals surface area contributed by atoms with E-state index in [0.717, 1.165) is 15.7 Å². The van der Waals surface area contributed by atoms with Crippen LogP contribution < -0.4 is 10.1 Å². The predicted octanol–water partition coefficient (Wildman–Crippen LogP) is 4.08. The number of hydrogen-bond acceptors (Lipinski definition) is 2. The third kappa shape index (κ3) is 4.10. The number of anilines is 1. The van der Waals surface area contributed by atoms with Crippen molar-refractivity contribution in [2.75, 3.05) is 11.9 Å². The number of hydrogen-bond donors (Lipinski definition) is 1. The SMILES string of the molecule is Cc1ccc(NC(=O)COc2ccc(Br)cc2)cc1C. The molecular formula is C16H16BrNO2. The van der Waals surface area contributed by atoms with Gasteiger partial charge in [0.1, 0.15) is 5.75 Å². The topological polar surface area (TPSA) is 38.3 Å². The third-order valence-electron chi connectivity index (χ3n) is 2.97. The van der Waals surface area contributed by atoms with E-state index in [9.17, 15) is 4.79 Å². The van der Waals surface area contributed by atoms with Crippen LogP contribution in [0.5, 0.6) is 5.75 Å². The summed E-state index contributed by atoms with van der Waals surface area (Å²) in [4.78, 5) is 11.8.